The van der Waals surface area contributed by atoms with Crippen LogP contribution in [-0.4, -0.2) is 21.2 Å². The highest BCUT2D eigenvalue weighted by molar-refractivity contribution is 7.99. The average Bonchev–Trinajstić information content (AvgIpc) is 3.19. The largest absolute Gasteiger partial charge is 0.323 e. The van der Waals surface area contributed by atoms with Crippen LogP contribution < -0.4 is 10.9 Å². The summed E-state index contributed by atoms with van der Waals surface area (Å²) >= 11 is 2.19. The minimum Gasteiger partial charge on any atom is -0.323 e. The second-order valence-electron chi connectivity index (χ2n) is 6.56. The first kappa shape index (κ1) is 21.1. The number of aryl methyl sites for hydroxylation is 1. The Balaban J connectivity index is 1.67. The number of thioether (sulfide) groups is 1. The lowest BCUT2D eigenvalue weighted by atomic mass is 10.2. The van der Waals surface area contributed by atoms with Gasteiger partial charge in [0.15, 0.2) is 5.16 Å². The van der Waals surface area contributed by atoms with Gasteiger partial charge in [-0.15, -0.1) is 11.3 Å². The van der Waals surface area contributed by atoms with E-state index in [4.69, 9.17) is 0 Å². The lowest BCUT2D eigenvalue weighted by molar-refractivity contribution is -0.113. The molecule has 1 N–H and O–H groups in total. The Hall–Kier alpha value is -3.11. The van der Waals surface area contributed by atoms with Crippen molar-refractivity contribution in [3.8, 4) is 5.69 Å². The Kier molecular flexibility index (Phi) is 5.84. The number of carbonyl (C=O) groups is 1. The van der Waals surface area contributed by atoms with E-state index in [1.165, 1.54) is 34.1 Å². The molecule has 0 bridgehead atoms. The van der Waals surface area contributed by atoms with E-state index in [9.17, 15) is 22.8 Å². The van der Waals surface area contributed by atoms with Crippen molar-refractivity contribution < 1.29 is 18.0 Å². The molecule has 10 heteroatoms. The van der Waals surface area contributed by atoms with Crippen LogP contribution >= 0.6 is 23.1 Å². The van der Waals surface area contributed by atoms with Gasteiger partial charge in [-0.05, 0) is 54.3 Å². The molecule has 0 saturated carbocycles. The smallest absolute Gasteiger partial charge is 0.276 e. The summed E-state index contributed by atoms with van der Waals surface area (Å²) in [6.45, 7) is 1.66. The first-order valence-corrected chi connectivity index (χ1v) is 10.8. The Bertz CT molecular complexity index is 1370. The molecule has 0 fully saturated rings. The van der Waals surface area contributed by atoms with E-state index in [1.54, 1.807) is 18.4 Å². The fourth-order valence-corrected chi connectivity index (χ4v) is 4.55. The second-order valence-corrected chi connectivity index (χ2v) is 8.42. The van der Waals surface area contributed by atoms with E-state index >= 15 is 0 Å². The van der Waals surface area contributed by atoms with E-state index in [2.05, 4.69) is 10.3 Å². The number of amides is 1. The lowest BCUT2D eigenvalue weighted by Crippen LogP contribution is -2.23. The molecule has 0 aliphatic carbocycles. The minimum absolute atomic E-state index is 0.210. The van der Waals surface area contributed by atoms with Crippen molar-refractivity contribution in [2.24, 2.45) is 0 Å². The molecule has 0 unspecified atom stereocenters. The maximum atomic E-state index is 13.8. The molecule has 158 valence electrons. The molecule has 0 aliphatic rings. The molecule has 4 aromatic rings. The summed E-state index contributed by atoms with van der Waals surface area (Å²) < 4.78 is 42.4. The van der Waals surface area contributed by atoms with Crippen LogP contribution in [0, 0.1) is 24.4 Å². The molecule has 2 aromatic heterocycles. The van der Waals surface area contributed by atoms with Crippen molar-refractivity contribution >= 4 is 44.9 Å². The number of rotatable bonds is 5. The number of aromatic nitrogens is 2. The van der Waals surface area contributed by atoms with Gasteiger partial charge in [-0.1, -0.05) is 11.8 Å². The van der Waals surface area contributed by atoms with Crippen LogP contribution in [0.4, 0.5) is 18.9 Å². The summed E-state index contributed by atoms with van der Waals surface area (Å²) in [5.41, 5.74) is 0.818. The van der Waals surface area contributed by atoms with Gasteiger partial charge in [-0.25, -0.2) is 18.2 Å². The van der Waals surface area contributed by atoms with Gasteiger partial charge in [0.05, 0.1) is 22.6 Å². The highest BCUT2D eigenvalue weighted by atomic mass is 32.2. The van der Waals surface area contributed by atoms with E-state index in [-0.39, 0.29) is 22.2 Å². The summed E-state index contributed by atoms with van der Waals surface area (Å²) in [5, 5.41) is 4.26. The SMILES string of the molecule is Cc1cc(F)ccc1-n1c(SCC(=O)Nc2cc(F)ccc2F)nc2ccsc2c1=O. The standard InChI is InChI=1S/C21H14F3N3O2S2/c1-11-8-12(22)3-5-17(11)27-20(29)19-15(6-7-30-19)26-21(27)31-10-18(28)25-16-9-13(23)2-4-14(16)24/h2-9H,10H2,1H3,(H,25,28). The normalized spacial score (nSPS) is 11.1. The summed E-state index contributed by atoms with van der Waals surface area (Å²) in [6, 6.07) is 8.44. The van der Waals surface area contributed by atoms with Gasteiger partial charge < -0.3 is 5.32 Å². The number of anilines is 1. The molecule has 0 radical (unpaired) electrons. The Labute approximate surface area is 182 Å². The van der Waals surface area contributed by atoms with Gasteiger partial charge in [0, 0.05) is 6.07 Å². The average molecular weight is 461 g/mol. The zero-order valence-electron chi connectivity index (χ0n) is 16.0. The molecule has 2 aromatic carbocycles. The van der Waals surface area contributed by atoms with Crippen molar-refractivity contribution in [3.63, 3.8) is 0 Å². The van der Waals surface area contributed by atoms with Gasteiger partial charge in [0.25, 0.3) is 5.56 Å². The fourth-order valence-electron chi connectivity index (χ4n) is 2.98. The van der Waals surface area contributed by atoms with Gasteiger partial charge in [0.2, 0.25) is 5.91 Å². The van der Waals surface area contributed by atoms with Crippen molar-refractivity contribution in [1.29, 1.82) is 0 Å². The zero-order valence-corrected chi connectivity index (χ0v) is 17.6. The topological polar surface area (TPSA) is 64.0 Å². The highest BCUT2D eigenvalue weighted by Crippen LogP contribution is 2.26. The number of nitrogens with one attached hydrogen (secondary N) is 1. The van der Waals surface area contributed by atoms with E-state index in [0.717, 1.165) is 30.0 Å². The van der Waals surface area contributed by atoms with Crippen LogP contribution in [0.3, 0.4) is 0 Å². The summed E-state index contributed by atoms with van der Waals surface area (Å²) in [5.74, 6) is -2.70. The van der Waals surface area contributed by atoms with Crippen LogP contribution in [0.1, 0.15) is 5.56 Å². The summed E-state index contributed by atoms with van der Waals surface area (Å²) in [6.07, 6.45) is 0. The monoisotopic (exact) mass is 461 g/mol. The zero-order chi connectivity index (χ0) is 22.1. The minimum atomic E-state index is -0.767. The number of benzene rings is 2. The van der Waals surface area contributed by atoms with Gasteiger partial charge >= 0.3 is 0 Å². The predicted molar refractivity (Wildman–Crippen MR) is 116 cm³/mol. The molecule has 5 nitrogen and oxygen atoms in total. The maximum absolute atomic E-state index is 13.8. The number of nitrogens with zero attached hydrogens (tertiary/aromatic N) is 2. The highest BCUT2D eigenvalue weighted by Gasteiger charge is 2.18. The van der Waals surface area contributed by atoms with Crippen molar-refractivity contribution in [2.75, 3.05) is 11.1 Å². The predicted octanol–water partition coefficient (Wildman–Crippen LogP) is 4.90. The summed E-state index contributed by atoms with van der Waals surface area (Å²) in [7, 11) is 0. The Morgan fingerprint density at radius 2 is 1.87 bits per heavy atom. The number of carbonyl (C=O) groups excluding carboxylic acids is 1. The number of fused-ring (bicyclic) bond motifs is 1. The number of halogens is 3. The van der Waals surface area contributed by atoms with Gasteiger partial charge in [-0.3, -0.25) is 14.2 Å². The third-order valence-corrected chi connectivity index (χ3v) is 6.21. The third kappa shape index (κ3) is 4.35. The fraction of sp³-hybridized carbons (Fsp3) is 0.0952. The summed E-state index contributed by atoms with van der Waals surface area (Å²) in [4.78, 5) is 29.9. The Morgan fingerprint density at radius 1 is 1.13 bits per heavy atom. The van der Waals surface area contributed by atoms with E-state index < -0.39 is 23.4 Å². The molecule has 0 saturated heterocycles. The Morgan fingerprint density at radius 3 is 2.65 bits per heavy atom. The van der Waals surface area contributed by atoms with Gasteiger partial charge in [-0.2, -0.15) is 0 Å². The quantitative estimate of drug-likeness (QED) is 0.339. The molecule has 0 spiro atoms. The second kappa shape index (κ2) is 8.56. The maximum Gasteiger partial charge on any atom is 0.276 e. The van der Waals surface area contributed by atoms with Crippen molar-refractivity contribution in [3.05, 3.63) is 81.2 Å². The van der Waals surface area contributed by atoms with Crippen LogP contribution in [0.2, 0.25) is 0 Å². The van der Waals surface area contributed by atoms with E-state index in [1.807, 2.05) is 0 Å². The van der Waals surface area contributed by atoms with E-state index in [0.29, 0.717) is 21.5 Å². The molecule has 0 aliphatic heterocycles. The molecule has 2 heterocycles. The molecule has 4 rings (SSSR count). The van der Waals surface area contributed by atoms with Crippen LogP contribution in [0.25, 0.3) is 15.9 Å². The molecule has 1 amide bonds. The van der Waals surface area contributed by atoms with Crippen LogP contribution in [0.15, 0.2) is 57.8 Å². The third-order valence-electron chi connectivity index (χ3n) is 4.38. The molecular formula is C21H14F3N3O2S2. The lowest BCUT2D eigenvalue weighted by Gasteiger charge is -2.14. The molecular weight excluding hydrogens is 447 g/mol. The first-order chi connectivity index (χ1) is 14.8. The van der Waals surface area contributed by atoms with Crippen LogP contribution in [-0.2, 0) is 4.79 Å². The molecule has 31 heavy (non-hydrogen) atoms. The number of hydrogen-bond donors (Lipinski definition) is 1. The van der Waals surface area contributed by atoms with Gasteiger partial charge in [0.1, 0.15) is 22.2 Å². The van der Waals surface area contributed by atoms with Crippen molar-refractivity contribution in [2.45, 2.75) is 12.1 Å². The van der Waals surface area contributed by atoms with Crippen LogP contribution in [0.5, 0.6) is 0 Å². The molecule has 0 atom stereocenters. The first-order valence-electron chi connectivity index (χ1n) is 8.98. The number of thiophene rings is 1. The number of hydrogen-bond acceptors (Lipinski definition) is 5. The van der Waals surface area contributed by atoms with Crippen molar-refractivity contribution in [1.82, 2.24) is 9.55 Å².